The van der Waals surface area contributed by atoms with Crippen LogP contribution in [0.2, 0.25) is 0 Å². The molecule has 0 bridgehead atoms. The van der Waals surface area contributed by atoms with E-state index in [1.54, 1.807) is 45.2 Å². The molecule has 0 unspecified atom stereocenters. The number of ether oxygens (including phenoxy) is 1. The van der Waals surface area contributed by atoms with Gasteiger partial charge in [-0.1, -0.05) is 0 Å². The number of carbonyl (C=O) groups is 2. The summed E-state index contributed by atoms with van der Waals surface area (Å²) in [7, 11) is 1.58. The van der Waals surface area contributed by atoms with Crippen molar-refractivity contribution >= 4 is 39.9 Å². The summed E-state index contributed by atoms with van der Waals surface area (Å²) in [5.74, 6) is -2.74. The van der Waals surface area contributed by atoms with E-state index >= 15 is 4.39 Å². The van der Waals surface area contributed by atoms with Crippen LogP contribution < -0.4 is 15.4 Å². The molecule has 0 fully saturated rings. The summed E-state index contributed by atoms with van der Waals surface area (Å²) in [6, 6.07) is 9.09. The minimum Gasteiger partial charge on any atom is -0.435 e. The van der Waals surface area contributed by atoms with Gasteiger partial charge in [0.25, 0.3) is 5.91 Å². The van der Waals surface area contributed by atoms with E-state index in [2.05, 4.69) is 25.6 Å². The number of anilines is 3. The highest BCUT2D eigenvalue weighted by molar-refractivity contribution is 6.01. The zero-order chi connectivity index (χ0) is 26.0. The Morgan fingerprint density at radius 2 is 1.81 bits per heavy atom. The fourth-order valence-corrected chi connectivity index (χ4v) is 3.56. The van der Waals surface area contributed by atoms with Gasteiger partial charge in [0.2, 0.25) is 11.8 Å². The summed E-state index contributed by atoms with van der Waals surface area (Å²) in [5.41, 5.74) is 1.70. The number of amides is 2. The molecule has 0 radical (unpaired) electrons. The van der Waals surface area contributed by atoms with Gasteiger partial charge < -0.3 is 25.3 Å². The average molecular weight is 495 g/mol. The molecule has 2 amide bonds. The molecule has 0 saturated carbocycles. The highest BCUT2D eigenvalue weighted by Gasteiger charge is 2.25. The predicted octanol–water partition coefficient (Wildman–Crippen LogP) is 5.13. The van der Waals surface area contributed by atoms with Crippen LogP contribution in [-0.4, -0.2) is 45.3 Å². The zero-order valence-corrected chi connectivity index (χ0v) is 20.1. The van der Waals surface area contributed by atoms with E-state index in [1.165, 1.54) is 17.9 Å². The summed E-state index contributed by atoms with van der Waals surface area (Å²) in [5, 5.41) is 5.72. The van der Waals surface area contributed by atoms with Crippen molar-refractivity contribution in [2.75, 3.05) is 24.2 Å². The minimum absolute atomic E-state index is 0.0205. The summed E-state index contributed by atoms with van der Waals surface area (Å²) >= 11 is 0. The summed E-state index contributed by atoms with van der Waals surface area (Å²) < 4.78 is 35.5. The molecule has 9 nitrogen and oxygen atoms in total. The molecular formula is C25H24F2N6O3. The van der Waals surface area contributed by atoms with Crippen molar-refractivity contribution < 1.29 is 23.1 Å². The molecule has 0 aliphatic rings. The number of hydrogen-bond acceptors (Lipinski definition) is 6. The molecule has 11 heteroatoms. The van der Waals surface area contributed by atoms with Gasteiger partial charge in [-0.15, -0.1) is 0 Å². The number of halogens is 2. The maximum atomic E-state index is 15.2. The van der Waals surface area contributed by atoms with Crippen molar-refractivity contribution in [3.8, 4) is 11.6 Å². The van der Waals surface area contributed by atoms with Crippen molar-refractivity contribution in [1.82, 2.24) is 19.9 Å². The number of fused-ring (bicyclic) bond motifs is 1. The van der Waals surface area contributed by atoms with E-state index in [9.17, 15) is 14.0 Å². The van der Waals surface area contributed by atoms with E-state index in [4.69, 9.17) is 4.74 Å². The normalized spacial score (nSPS) is 10.8. The molecule has 0 spiro atoms. The molecule has 2 aromatic carbocycles. The van der Waals surface area contributed by atoms with Gasteiger partial charge >= 0.3 is 0 Å². The number of aryl methyl sites for hydroxylation is 1. The van der Waals surface area contributed by atoms with Crippen molar-refractivity contribution in [2.24, 2.45) is 0 Å². The lowest BCUT2D eigenvalue weighted by atomic mass is 10.2. The van der Waals surface area contributed by atoms with Gasteiger partial charge in [-0.2, -0.15) is 0 Å². The first-order valence-electron chi connectivity index (χ1n) is 11.1. The van der Waals surface area contributed by atoms with Gasteiger partial charge in [-0.3, -0.25) is 9.59 Å². The second-order valence-electron chi connectivity index (χ2n) is 8.12. The number of carbonyl (C=O) groups excluding carboxylic acids is 2. The minimum atomic E-state index is -0.792. The van der Waals surface area contributed by atoms with Crippen LogP contribution in [-0.2, 0) is 4.79 Å². The van der Waals surface area contributed by atoms with Crippen molar-refractivity contribution in [2.45, 2.75) is 20.8 Å². The Morgan fingerprint density at radius 3 is 2.47 bits per heavy atom. The van der Waals surface area contributed by atoms with Gasteiger partial charge in [0.15, 0.2) is 23.2 Å². The molecule has 4 aromatic rings. The molecule has 0 aliphatic heterocycles. The van der Waals surface area contributed by atoms with Gasteiger partial charge in [0.1, 0.15) is 11.9 Å². The number of rotatable bonds is 7. The van der Waals surface area contributed by atoms with E-state index in [0.717, 1.165) is 12.4 Å². The monoisotopic (exact) mass is 494 g/mol. The van der Waals surface area contributed by atoms with Crippen LogP contribution in [0.1, 0.15) is 29.9 Å². The predicted molar refractivity (Wildman–Crippen MR) is 132 cm³/mol. The Labute approximate surface area is 205 Å². The number of H-pyrrole nitrogens is 1. The Balaban J connectivity index is 1.75. The molecule has 2 aromatic heterocycles. The smallest absolute Gasteiger partial charge is 0.262 e. The van der Waals surface area contributed by atoms with Crippen LogP contribution in [0, 0.1) is 18.6 Å². The summed E-state index contributed by atoms with van der Waals surface area (Å²) in [6.07, 6.45) is 1.15. The number of nitrogens with one attached hydrogen (secondary N) is 3. The van der Waals surface area contributed by atoms with Crippen LogP contribution >= 0.6 is 0 Å². The van der Waals surface area contributed by atoms with Crippen molar-refractivity contribution in [1.29, 1.82) is 0 Å². The van der Waals surface area contributed by atoms with Gasteiger partial charge in [0.05, 0.1) is 5.52 Å². The highest BCUT2D eigenvalue weighted by Crippen LogP contribution is 2.35. The number of nitrogens with zero attached hydrogens (tertiary/aromatic N) is 3. The lowest BCUT2D eigenvalue weighted by molar-refractivity contribution is -0.114. The standard InChI is InChI=1S/C25H24F2N6O3/c1-5-33(4)25(35)20-23(32-16-8-6-15(7-9-16)31-14(3)34)28-12-29-24(20)36-19-11-18(26)22-17(21(19)27)10-13(2)30-22/h6-12,30H,5H2,1-4H3,(H,31,34)(H,28,29,32). The molecule has 0 atom stereocenters. The first-order valence-corrected chi connectivity index (χ1v) is 11.1. The van der Waals surface area contributed by atoms with E-state index < -0.39 is 23.3 Å². The molecule has 0 saturated heterocycles. The summed E-state index contributed by atoms with van der Waals surface area (Å²) in [4.78, 5) is 36.9. The Bertz CT molecular complexity index is 1450. The number of benzene rings is 2. The van der Waals surface area contributed by atoms with Crippen LogP contribution in [0.15, 0.2) is 42.7 Å². The molecule has 0 aliphatic carbocycles. The van der Waals surface area contributed by atoms with Crippen molar-refractivity contribution in [3.63, 3.8) is 0 Å². The fourth-order valence-electron chi connectivity index (χ4n) is 3.56. The quantitative estimate of drug-likeness (QED) is 0.328. The first-order chi connectivity index (χ1) is 17.2. The zero-order valence-electron chi connectivity index (χ0n) is 20.1. The van der Waals surface area contributed by atoms with Crippen LogP contribution in [0.3, 0.4) is 0 Å². The summed E-state index contributed by atoms with van der Waals surface area (Å²) in [6.45, 7) is 5.24. The van der Waals surface area contributed by atoms with Crippen LogP contribution in [0.25, 0.3) is 10.9 Å². The third-order valence-electron chi connectivity index (χ3n) is 5.42. The van der Waals surface area contributed by atoms with E-state index in [1.807, 2.05) is 0 Å². The second kappa shape index (κ2) is 9.98. The topological polar surface area (TPSA) is 112 Å². The average Bonchev–Trinajstić information content (AvgIpc) is 3.25. The van der Waals surface area contributed by atoms with Crippen molar-refractivity contribution in [3.05, 3.63) is 65.6 Å². The van der Waals surface area contributed by atoms with Gasteiger partial charge in [-0.25, -0.2) is 18.7 Å². The highest BCUT2D eigenvalue weighted by atomic mass is 19.1. The first kappa shape index (κ1) is 24.6. The Morgan fingerprint density at radius 1 is 1.11 bits per heavy atom. The molecule has 186 valence electrons. The molecule has 3 N–H and O–H groups in total. The number of aromatic nitrogens is 3. The van der Waals surface area contributed by atoms with Crippen LogP contribution in [0.4, 0.5) is 26.0 Å². The lowest BCUT2D eigenvalue weighted by Crippen LogP contribution is -2.28. The second-order valence-corrected chi connectivity index (χ2v) is 8.12. The van der Waals surface area contributed by atoms with Crippen LogP contribution in [0.5, 0.6) is 11.6 Å². The maximum absolute atomic E-state index is 15.2. The van der Waals surface area contributed by atoms with E-state index in [-0.39, 0.29) is 34.1 Å². The Hall–Kier alpha value is -4.54. The molecule has 4 rings (SSSR count). The van der Waals surface area contributed by atoms with E-state index in [0.29, 0.717) is 23.6 Å². The Kier molecular flexibility index (Phi) is 6.82. The third kappa shape index (κ3) is 4.95. The number of aromatic amines is 1. The largest absolute Gasteiger partial charge is 0.435 e. The van der Waals surface area contributed by atoms with Gasteiger partial charge in [0, 0.05) is 49.0 Å². The number of hydrogen-bond donors (Lipinski definition) is 3. The maximum Gasteiger partial charge on any atom is 0.262 e. The SMILES string of the molecule is CCN(C)C(=O)c1c(Nc2ccc(NC(C)=O)cc2)ncnc1Oc1cc(F)c2[nH]c(C)cc2c1F. The molecule has 2 heterocycles. The fraction of sp³-hybridized carbons (Fsp3) is 0.200. The molecular weight excluding hydrogens is 470 g/mol. The third-order valence-corrected chi connectivity index (χ3v) is 5.42. The molecule has 36 heavy (non-hydrogen) atoms. The lowest BCUT2D eigenvalue weighted by Gasteiger charge is -2.19. The van der Waals surface area contributed by atoms with Gasteiger partial charge in [-0.05, 0) is 44.2 Å².